The number of aromatic amines is 1. The average Bonchev–Trinajstić information content (AvgIpc) is 3.00. The fraction of sp³-hybridized carbons (Fsp3) is 0.211. The zero-order chi connectivity index (χ0) is 16.9. The Morgan fingerprint density at radius 1 is 1.21 bits per heavy atom. The van der Waals surface area contributed by atoms with Crippen LogP contribution in [0.2, 0.25) is 0 Å². The van der Waals surface area contributed by atoms with Crippen molar-refractivity contribution in [1.29, 1.82) is 0 Å². The van der Waals surface area contributed by atoms with Gasteiger partial charge in [-0.3, -0.25) is 0 Å². The molecule has 3 aromatic rings. The molecule has 4 nitrogen and oxygen atoms in total. The summed E-state index contributed by atoms with van der Waals surface area (Å²) in [6.07, 6.45) is 1.82. The van der Waals surface area contributed by atoms with Gasteiger partial charge in [-0.05, 0) is 47.6 Å². The minimum absolute atomic E-state index is 0.713. The first-order valence-corrected chi connectivity index (χ1v) is 8.30. The van der Waals surface area contributed by atoms with E-state index < -0.39 is 0 Å². The number of likely N-dealkylation sites (N-methyl/N-ethyl adjacent to an activating group) is 1. The molecule has 0 saturated heterocycles. The largest absolute Gasteiger partial charge is 0.383 e. The molecule has 2 heterocycles. The van der Waals surface area contributed by atoms with Gasteiger partial charge in [-0.2, -0.15) is 0 Å². The summed E-state index contributed by atoms with van der Waals surface area (Å²) in [6, 6.07) is 12.3. The zero-order valence-electron chi connectivity index (χ0n) is 13.8. The fourth-order valence-electron chi connectivity index (χ4n) is 2.40. The summed E-state index contributed by atoms with van der Waals surface area (Å²) < 4.78 is 5.10. The van der Waals surface area contributed by atoms with E-state index in [4.69, 9.17) is 4.74 Å². The van der Waals surface area contributed by atoms with Crippen molar-refractivity contribution in [2.45, 2.75) is 0 Å². The fourth-order valence-corrected chi connectivity index (χ4v) is 2.65. The van der Waals surface area contributed by atoms with Crippen LogP contribution in [0.15, 0.2) is 42.6 Å². The van der Waals surface area contributed by atoms with Crippen molar-refractivity contribution in [3.63, 3.8) is 0 Å². The number of pyridine rings is 1. The van der Waals surface area contributed by atoms with Gasteiger partial charge >= 0.3 is 0 Å². The minimum Gasteiger partial charge on any atom is -0.383 e. The molecule has 0 amide bonds. The summed E-state index contributed by atoms with van der Waals surface area (Å²) in [5.41, 5.74) is 3.87. The van der Waals surface area contributed by atoms with Gasteiger partial charge in [0.2, 0.25) is 0 Å². The molecular formula is C19H20N3OP. The van der Waals surface area contributed by atoms with E-state index in [1.54, 1.807) is 7.11 Å². The highest BCUT2D eigenvalue weighted by Crippen LogP contribution is 2.14. The standard InChI is InChI=1S/C19H20N3OP/c1-22(9-10-23-2)17-7-4-14(5-8-17)3-6-16-11-15-12-18(24)13-20-19(15)21-16/h4-5,7-8,11-13H,9-10,24H2,1-2H3,(H,20,21). The van der Waals surface area contributed by atoms with Crippen molar-refractivity contribution < 1.29 is 4.74 Å². The highest BCUT2D eigenvalue weighted by Gasteiger charge is 2.01. The van der Waals surface area contributed by atoms with Crippen LogP contribution in [0.5, 0.6) is 0 Å². The van der Waals surface area contributed by atoms with Crippen molar-refractivity contribution >= 4 is 31.3 Å². The molecular weight excluding hydrogens is 317 g/mol. The molecule has 1 aromatic carbocycles. The molecule has 0 saturated carbocycles. The predicted molar refractivity (Wildman–Crippen MR) is 103 cm³/mol. The first kappa shape index (κ1) is 16.5. The molecule has 24 heavy (non-hydrogen) atoms. The lowest BCUT2D eigenvalue weighted by Crippen LogP contribution is -2.21. The second-order valence-corrected chi connectivity index (χ2v) is 6.27. The molecule has 3 rings (SSSR count). The van der Waals surface area contributed by atoms with Crippen LogP contribution in [0.3, 0.4) is 0 Å². The van der Waals surface area contributed by atoms with Gasteiger partial charge in [-0.1, -0.05) is 5.92 Å². The number of fused-ring (bicyclic) bond motifs is 1. The molecule has 0 spiro atoms. The molecule has 1 N–H and O–H groups in total. The Morgan fingerprint density at radius 2 is 2.00 bits per heavy atom. The summed E-state index contributed by atoms with van der Waals surface area (Å²) in [5.74, 6) is 6.36. The number of benzene rings is 1. The number of rotatable bonds is 4. The van der Waals surface area contributed by atoms with Crippen molar-refractivity contribution in [3.8, 4) is 11.8 Å². The average molecular weight is 337 g/mol. The van der Waals surface area contributed by atoms with E-state index in [1.807, 2.05) is 24.4 Å². The molecule has 1 unspecified atom stereocenters. The third-order valence-electron chi connectivity index (χ3n) is 3.77. The Morgan fingerprint density at radius 3 is 2.75 bits per heavy atom. The maximum atomic E-state index is 5.10. The second kappa shape index (κ2) is 7.49. The van der Waals surface area contributed by atoms with E-state index in [2.05, 4.69) is 61.2 Å². The van der Waals surface area contributed by atoms with Gasteiger partial charge in [-0.15, -0.1) is 9.24 Å². The Kier molecular flexibility index (Phi) is 5.15. The van der Waals surface area contributed by atoms with Crippen molar-refractivity contribution in [1.82, 2.24) is 9.97 Å². The summed E-state index contributed by atoms with van der Waals surface area (Å²) in [7, 11) is 6.42. The van der Waals surface area contributed by atoms with Crippen LogP contribution < -0.4 is 10.2 Å². The van der Waals surface area contributed by atoms with Crippen LogP contribution >= 0.6 is 9.24 Å². The predicted octanol–water partition coefficient (Wildman–Crippen LogP) is 2.55. The topological polar surface area (TPSA) is 41.1 Å². The third kappa shape index (κ3) is 3.94. The van der Waals surface area contributed by atoms with Crippen LogP contribution in [-0.2, 0) is 4.74 Å². The van der Waals surface area contributed by atoms with E-state index in [0.29, 0.717) is 6.61 Å². The Hall–Kier alpha value is -2.34. The van der Waals surface area contributed by atoms with Gasteiger partial charge in [-0.25, -0.2) is 4.98 Å². The van der Waals surface area contributed by atoms with Crippen LogP contribution in [0.25, 0.3) is 11.0 Å². The number of H-pyrrole nitrogens is 1. The highest BCUT2D eigenvalue weighted by molar-refractivity contribution is 7.27. The molecule has 0 aliphatic heterocycles. The highest BCUT2D eigenvalue weighted by atomic mass is 31.0. The number of ether oxygens (including phenoxy) is 1. The maximum absolute atomic E-state index is 5.10. The number of hydrogen-bond acceptors (Lipinski definition) is 3. The van der Waals surface area contributed by atoms with Gasteiger partial charge in [0.25, 0.3) is 0 Å². The van der Waals surface area contributed by atoms with Crippen molar-refractivity contribution in [2.75, 3.05) is 32.2 Å². The lowest BCUT2D eigenvalue weighted by molar-refractivity contribution is 0.206. The molecule has 122 valence electrons. The van der Waals surface area contributed by atoms with Gasteiger partial charge in [0.15, 0.2) is 0 Å². The summed E-state index contributed by atoms with van der Waals surface area (Å²) in [5, 5.41) is 2.14. The van der Waals surface area contributed by atoms with E-state index in [-0.39, 0.29) is 0 Å². The molecule has 0 aliphatic carbocycles. The smallest absolute Gasteiger partial charge is 0.138 e. The molecule has 2 aromatic heterocycles. The summed E-state index contributed by atoms with van der Waals surface area (Å²) in [6.45, 7) is 1.58. The quantitative estimate of drug-likeness (QED) is 0.588. The van der Waals surface area contributed by atoms with Gasteiger partial charge in [0.1, 0.15) is 5.65 Å². The van der Waals surface area contributed by atoms with E-state index in [1.165, 1.54) is 0 Å². The monoisotopic (exact) mass is 337 g/mol. The van der Waals surface area contributed by atoms with Gasteiger partial charge in [0.05, 0.1) is 12.3 Å². The van der Waals surface area contributed by atoms with Crippen LogP contribution in [0.4, 0.5) is 5.69 Å². The lowest BCUT2D eigenvalue weighted by atomic mass is 10.2. The van der Waals surface area contributed by atoms with E-state index in [9.17, 15) is 0 Å². The zero-order valence-corrected chi connectivity index (χ0v) is 15.0. The van der Waals surface area contributed by atoms with Crippen LogP contribution in [0.1, 0.15) is 11.3 Å². The summed E-state index contributed by atoms with van der Waals surface area (Å²) >= 11 is 0. The Bertz CT molecular complexity index is 890. The molecule has 0 radical (unpaired) electrons. The van der Waals surface area contributed by atoms with Crippen molar-refractivity contribution in [3.05, 3.63) is 53.9 Å². The van der Waals surface area contributed by atoms with Crippen LogP contribution in [-0.4, -0.2) is 37.3 Å². The second-order valence-electron chi connectivity index (χ2n) is 5.60. The first-order valence-electron chi connectivity index (χ1n) is 7.72. The number of methoxy groups -OCH3 is 1. The summed E-state index contributed by atoms with van der Waals surface area (Å²) in [4.78, 5) is 9.74. The van der Waals surface area contributed by atoms with Gasteiger partial charge in [0, 0.05) is 43.5 Å². The molecule has 0 fully saturated rings. The third-order valence-corrected chi connectivity index (χ3v) is 4.09. The maximum Gasteiger partial charge on any atom is 0.138 e. The Balaban J connectivity index is 1.75. The minimum atomic E-state index is 0.713. The lowest BCUT2D eigenvalue weighted by Gasteiger charge is -2.18. The van der Waals surface area contributed by atoms with Crippen molar-refractivity contribution in [2.24, 2.45) is 0 Å². The molecule has 0 aliphatic rings. The number of anilines is 1. The van der Waals surface area contributed by atoms with E-state index >= 15 is 0 Å². The normalized spacial score (nSPS) is 10.5. The number of hydrogen-bond donors (Lipinski definition) is 1. The number of nitrogens with zero attached hydrogens (tertiary/aromatic N) is 2. The molecule has 1 atom stereocenters. The van der Waals surface area contributed by atoms with Crippen LogP contribution in [0, 0.1) is 11.8 Å². The molecule has 5 heteroatoms. The first-order chi connectivity index (χ1) is 11.7. The SMILES string of the molecule is COCCN(C)c1ccc(C#Cc2cc3cc(P)cnc3[nH]2)cc1. The number of aromatic nitrogens is 2. The van der Waals surface area contributed by atoms with E-state index in [0.717, 1.165) is 39.8 Å². The Labute approximate surface area is 144 Å². The number of nitrogens with one attached hydrogen (secondary N) is 1. The molecule has 0 bridgehead atoms. The van der Waals surface area contributed by atoms with Gasteiger partial charge < -0.3 is 14.6 Å².